The van der Waals surface area contributed by atoms with Crippen molar-refractivity contribution < 1.29 is 26.7 Å². The van der Waals surface area contributed by atoms with Crippen LogP contribution < -0.4 is 4.90 Å². The molecule has 0 aliphatic carbocycles. The Morgan fingerprint density at radius 1 is 1.18 bits per heavy atom. The highest BCUT2D eigenvalue weighted by Gasteiger charge is 2.42. The van der Waals surface area contributed by atoms with Crippen molar-refractivity contribution >= 4 is 23.5 Å². The predicted octanol–water partition coefficient (Wildman–Crippen LogP) is 2.42. The Balaban J connectivity index is 1.62. The summed E-state index contributed by atoms with van der Waals surface area (Å²) in [4.78, 5) is 24.9. The molecule has 156 valence electrons. The van der Waals surface area contributed by atoms with Crippen molar-refractivity contribution in [1.82, 2.24) is 19.8 Å². The van der Waals surface area contributed by atoms with Crippen LogP contribution >= 0.6 is 11.8 Å². The molecule has 0 radical (unpaired) electrons. The van der Waals surface area contributed by atoms with Crippen LogP contribution in [0.15, 0.2) is 11.2 Å². The molecule has 2 aliphatic heterocycles. The topological polar surface area (TPSA) is 52.6 Å². The molecule has 0 aromatic carbocycles. The first-order valence-electron chi connectivity index (χ1n) is 8.73. The number of rotatable bonds is 5. The number of thioether (sulfide) groups is 1. The molecule has 1 atom stereocenters. The monoisotopic (exact) mass is 425 g/mol. The Hall–Kier alpha value is -1.69. The van der Waals surface area contributed by atoms with Crippen LogP contribution in [-0.2, 0) is 4.79 Å². The molecule has 0 saturated carbocycles. The highest BCUT2D eigenvalue weighted by Crippen LogP contribution is 2.27. The molecule has 1 aromatic heterocycles. The van der Waals surface area contributed by atoms with E-state index in [1.54, 1.807) is 6.26 Å². The number of anilines is 1. The molecule has 3 rings (SSSR count). The molecule has 2 fully saturated rings. The lowest BCUT2D eigenvalue weighted by atomic mass is 10.2. The summed E-state index contributed by atoms with van der Waals surface area (Å²) in [5, 5.41) is 0.254. The van der Waals surface area contributed by atoms with Gasteiger partial charge in [0, 0.05) is 38.8 Å². The Bertz CT molecular complexity index is 711. The van der Waals surface area contributed by atoms with E-state index < -0.39 is 31.1 Å². The first-order chi connectivity index (χ1) is 13.2. The van der Waals surface area contributed by atoms with Crippen LogP contribution in [0.25, 0.3) is 0 Å². The summed E-state index contributed by atoms with van der Waals surface area (Å²) >= 11 is 1.17. The average molecular weight is 425 g/mol. The fourth-order valence-electron chi connectivity index (χ4n) is 3.49. The third-order valence-electron chi connectivity index (χ3n) is 4.84. The second-order valence-corrected chi connectivity index (χ2v) is 7.41. The van der Waals surface area contributed by atoms with E-state index in [0.29, 0.717) is 38.4 Å². The molecule has 0 N–H and O–H groups in total. The highest BCUT2D eigenvalue weighted by atomic mass is 32.2. The van der Waals surface area contributed by atoms with Crippen LogP contribution in [-0.4, -0.2) is 83.4 Å². The number of halogens is 5. The lowest BCUT2D eigenvalue weighted by Gasteiger charge is -2.38. The zero-order chi connectivity index (χ0) is 20.5. The summed E-state index contributed by atoms with van der Waals surface area (Å²) in [5.74, 6) is -0.108. The molecule has 1 aromatic rings. The van der Waals surface area contributed by atoms with Gasteiger partial charge in [-0.05, 0) is 12.7 Å². The van der Waals surface area contributed by atoms with Gasteiger partial charge in [0.05, 0.1) is 6.04 Å². The van der Waals surface area contributed by atoms with Crippen LogP contribution in [0.4, 0.5) is 27.8 Å². The van der Waals surface area contributed by atoms with Crippen molar-refractivity contribution in [1.29, 1.82) is 0 Å². The van der Waals surface area contributed by atoms with Crippen LogP contribution in [0.3, 0.4) is 0 Å². The normalized spacial score (nSPS) is 21.8. The SMILES string of the molecule is CSc1nc(C(F)F)cc(N2CCN(C3CCN(CC(F)(F)F)C3=O)CC2)n1. The first-order valence-corrected chi connectivity index (χ1v) is 9.96. The summed E-state index contributed by atoms with van der Waals surface area (Å²) in [6, 6.07) is 0.694. The standard InChI is InChI=1S/C16H20F5N5OS/c1-28-15-22-10(13(17)18)8-12(23-15)25-6-4-24(5-7-25)11-2-3-26(14(11)27)9-16(19,20)21/h8,11,13H,2-7,9H2,1H3. The number of aromatic nitrogens is 2. The number of hydrogen-bond donors (Lipinski definition) is 0. The van der Waals surface area contributed by atoms with Crippen molar-refractivity contribution in [2.75, 3.05) is 50.4 Å². The van der Waals surface area contributed by atoms with Crippen LogP contribution in [0.2, 0.25) is 0 Å². The van der Waals surface area contributed by atoms with Gasteiger partial charge >= 0.3 is 6.18 Å². The largest absolute Gasteiger partial charge is 0.406 e. The number of alkyl halides is 5. The van der Waals surface area contributed by atoms with Crippen molar-refractivity contribution in [3.05, 3.63) is 11.8 Å². The highest BCUT2D eigenvalue weighted by molar-refractivity contribution is 7.98. The molecule has 12 heteroatoms. The van der Waals surface area contributed by atoms with Gasteiger partial charge in [0.1, 0.15) is 18.1 Å². The molecular formula is C16H20F5N5OS. The van der Waals surface area contributed by atoms with Gasteiger partial charge in [-0.2, -0.15) is 13.2 Å². The summed E-state index contributed by atoms with van der Waals surface area (Å²) in [7, 11) is 0. The summed E-state index contributed by atoms with van der Waals surface area (Å²) in [6.07, 6.45) is -5.06. The van der Waals surface area contributed by atoms with Crippen molar-refractivity contribution in [3.63, 3.8) is 0 Å². The van der Waals surface area contributed by atoms with Crippen molar-refractivity contribution in [2.45, 2.75) is 30.2 Å². The number of likely N-dealkylation sites (tertiary alicyclic amines) is 1. The third kappa shape index (κ3) is 4.83. The van der Waals surface area contributed by atoms with E-state index in [1.807, 2.05) is 9.80 Å². The smallest absolute Gasteiger partial charge is 0.354 e. The van der Waals surface area contributed by atoms with Crippen molar-refractivity contribution in [2.24, 2.45) is 0 Å². The minimum absolute atomic E-state index is 0.0873. The van der Waals surface area contributed by atoms with Gasteiger partial charge in [0.2, 0.25) is 5.91 Å². The quantitative estimate of drug-likeness (QED) is 0.410. The first kappa shape index (κ1) is 21.0. The average Bonchev–Trinajstić information content (AvgIpc) is 3.00. The second kappa shape index (κ2) is 8.36. The van der Waals surface area contributed by atoms with Gasteiger partial charge in [0.15, 0.2) is 5.16 Å². The minimum atomic E-state index is -4.41. The Morgan fingerprint density at radius 3 is 2.43 bits per heavy atom. The number of hydrogen-bond acceptors (Lipinski definition) is 6. The van der Waals surface area contributed by atoms with Gasteiger partial charge in [-0.3, -0.25) is 9.69 Å². The fraction of sp³-hybridized carbons (Fsp3) is 0.688. The van der Waals surface area contributed by atoms with Gasteiger partial charge in [-0.15, -0.1) is 0 Å². The van der Waals surface area contributed by atoms with E-state index in [0.717, 1.165) is 4.90 Å². The lowest BCUT2D eigenvalue weighted by Crippen LogP contribution is -2.53. The number of carbonyl (C=O) groups excluding carboxylic acids is 1. The van der Waals surface area contributed by atoms with E-state index in [1.165, 1.54) is 17.8 Å². The summed E-state index contributed by atoms with van der Waals surface area (Å²) in [5.41, 5.74) is -0.342. The maximum Gasteiger partial charge on any atom is 0.406 e. The molecule has 28 heavy (non-hydrogen) atoms. The Labute approximate surface area is 163 Å². The van der Waals surface area contributed by atoms with E-state index in [9.17, 15) is 26.7 Å². The van der Waals surface area contributed by atoms with Gasteiger partial charge in [-0.25, -0.2) is 18.7 Å². The maximum atomic E-state index is 13.0. The second-order valence-electron chi connectivity index (χ2n) is 6.64. The molecule has 0 spiro atoms. The van der Waals surface area contributed by atoms with Crippen LogP contribution in [0.5, 0.6) is 0 Å². The van der Waals surface area contributed by atoms with Crippen LogP contribution in [0, 0.1) is 0 Å². The molecule has 3 heterocycles. The molecule has 1 amide bonds. The Kier molecular flexibility index (Phi) is 6.28. The molecular weight excluding hydrogens is 405 g/mol. The van der Waals surface area contributed by atoms with E-state index in [-0.39, 0.29) is 17.4 Å². The molecule has 0 bridgehead atoms. The van der Waals surface area contributed by atoms with Gasteiger partial charge in [0.25, 0.3) is 6.43 Å². The molecule has 6 nitrogen and oxygen atoms in total. The number of carbonyl (C=O) groups is 1. The van der Waals surface area contributed by atoms with E-state index in [4.69, 9.17) is 0 Å². The summed E-state index contributed by atoms with van der Waals surface area (Å²) < 4.78 is 63.8. The van der Waals surface area contributed by atoms with E-state index in [2.05, 4.69) is 9.97 Å². The fourth-order valence-corrected chi connectivity index (χ4v) is 3.87. The third-order valence-corrected chi connectivity index (χ3v) is 5.38. The Morgan fingerprint density at radius 2 is 1.86 bits per heavy atom. The molecule has 2 saturated heterocycles. The number of nitrogens with zero attached hydrogens (tertiary/aromatic N) is 5. The minimum Gasteiger partial charge on any atom is -0.354 e. The van der Waals surface area contributed by atoms with Crippen molar-refractivity contribution in [3.8, 4) is 0 Å². The van der Waals surface area contributed by atoms with Gasteiger partial charge < -0.3 is 9.80 Å². The molecule has 1 unspecified atom stereocenters. The maximum absolute atomic E-state index is 13.0. The summed E-state index contributed by atoms with van der Waals surface area (Å²) in [6.45, 7) is 0.631. The zero-order valence-electron chi connectivity index (χ0n) is 15.1. The predicted molar refractivity (Wildman–Crippen MR) is 93.6 cm³/mol. The van der Waals surface area contributed by atoms with Crippen LogP contribution in [0.1, 0.15) is 18.5 Å². The van der Waals surface area contributed by atoms with E-state index >= 15 is 0 Å². The van der Waals surface area contributed by atoms with Gasteiger partial charge in [-0.1, -0.05) is 11.8 Å². The zero-order valence-corrected chi connectivity index (χ0v) is 15.9. The molecule has 2 aliphatic rings. The number of amides is 1. The number of piperazine rings is 1. The lowest BCUT2D eigenvalue weighted by molar-refractivity contribution is -0.159.